The number of phenols is 1. The van der Waals surface area contributed by atoms with Crippen molar-refractivity contribution < 1.29 is 19.4 Å². The molecule has 2 aromatic rings. The lowest BCUT2D eigenvalue weighted by molar-refractivity contribution is -0.126. The summed E-state index contributed by atoms with van der Waals surface area (Å²) in [4.78, 5) is 25.9. The Bertz CT molecular complexity index is 712. The van der Waals surface area contributed by atoms with Crippen molar-refractivity contribution >= 4 is 17.6 Å². The van der Waals surface area contributed by atoms with Crippen LogP contribution in [0.2, 0.25) is 0 Å². The number of para-hydroxylation sites is 1. The first-order chi connectivity index (χ1) is 10.9. The Kier molecular flexibility index (Phi) is 5.01. The van der Waals surface area contributed by atoms with Gasteiger partial charge < -0.3 is 14.7 Å². The molecule has 0 saturated carbocycles. The average molecular weight is 313 g/mol. The Morgan fingerprint density at radius 2 is 1.78 bits per heavy atom. The number of carbonyl (C=O) groups is 2. The molecule has 0 spiro atoms. The first-order valence-electron chi connectivity index (χ1n) is 7.23. The fraction of sp³-hybridized carbons (Fsp3) is 0.222. The third-order valence-electron chi connectivity index (χ3n) is 3.48. The molecule has 0 aliphatic heterocycles. The Labute approximate surface area is 135 Å². The van der Waals surface area contributed by atoms with Crippen molar-refractivity contribution in [2.45, 2.75) is 20.0 Å². The molecule has 0 saturated heterocycles. The van der Waals surface area contributed by atoms with Crippen molar-refractivity contribution in [2.24, 2.45) is 0 Å². The van der Waals surface area contributed by atoms with Gasteiger partial charge in [-0.3, -0.25) is 4.79 Å². The molecule has 1 N–H and O–H groups in total. The summed E-state index contributed by atoms with van der Waals surface area (Å²) in [5.74, 6) is -1.25. The highest BCUT2D eigenvalue weighted by Gasteiger charge is 2.24. The highest BCUT2D eigenvalue weighted by Crippen LogP contribution is 2.20. The number of hydrogen-bond acceptors (Lipinski definition) is 4. The number of ether oxygens (including phenoxy) is 1. The summed E-state index contributed by atoms with van der Waals surface area (Å²) in [7, 11) is 1.62. The zero-order chi connectivity index (χ0) is 17.0. The second-order valence-electron chi connectivity index (χ2n) is 5.30. The molecule has 1 atom stereocenters. The lowest BCUT2D eigenvalue weighted by Crippen LogP contribution is -2.37. The van der Waals surface area contributed by atoms with E-state index >= 15 is 0 Å². The van der Waals surface area contributed by atoms with Gasteiger partial charge in [0.1, 0.15) is 11.3 Å². The number of carbonyl (C=O) groups excluding carboxylic acids is 2. The monoisotopic (exact) mass is 313 g/mol. The molecule has 2 rings (SSSR count). The molecule has 0 fully saturated rings. The summed E-state index contributed by atoms with van der Waals surface area (Å²) in [5, 5.41) is 9.75. The minimum Gasteiger partial charge on any atom is -0.507 e. The maximum Gasteiger partial charge on any atom is 0.342 e. The Hall–Kier alpha value is -2.82. The molecule has 1 amide bonds. The van der Waals surface area contributed by atoms with E-state index in [1.165, 1.54) is 24.0 Å². The van der Waals surface area contributed by atoms with Crippen LogP contribution >= 0.6 is 0 Å². The standard InChI is InChI=1S/C18H19NO4/c1-12-9-10-16(20)15(11-12)18(22)23-13(2)17(21)19(3)14-7-5-4-6-8-14/h4-11,13,20H,1-3H3/t13-/m1/s1. The first kappa shape index (κ1) is 16.5. The van der Waals surface area contributed by atoms with Crippen LogP contribution in [-0.2, 0) is 9.53 Å². The van der Waals surface area contributed by atoms with Crippen molar-refractivity contribution in [3.8, 4) is 5.75 Å². The number of benzene rings is 2. The minimum atomic E-state index is -0.965. The third-order valence-corrected chi connectivity index (χ3v) is 3.48. The number of aromatic hydroxyl groups is 1. The topological polar surface area (TPSA) is 66.8 Å². The van der Waals surface area contributed by atoms with Gasteiger partial charge in [-0.05, 0) is 38.1 Å². The molecule has 5 nitrogen and oxygen atoms in total. The SMILES string of the molecule is Cc1ccc(O)c(C(=O)O[C@H](C)C(=O)N(C)c2ccccc2)c1. The summed E-state index contributed by atoms with van der Waals surface area (Å²) in [5.41, 5.74) is 1.57. The number of aryl methyl sites for hydroxylation is 1. The van der Waals surface area contributed by atoms with E-state index in [9.17, 15) is 14.7 Å². The van der Waals surface area contributed by atoms with Crippen LogP contribution in [0.3, 0.4) is 0 Å². The Morgan fingerprint density at radius 1 is 1.13 bits per heavy atom. The second kappa shape index (κ2) is 6.96. The van der Waals surface area contributed by atoms with Gasteiger partial charge in [0.05, 0.1) is 0 Å². The van der Waals surface area contributed by atoms with Crippen LogP contribution in [0.5, 0.6) is 5.75 Å². The number of phenolic OH excluding ortho intramolecular Hbond substituents is 1. The summed E-state index contributed by atoms with van der Waals surface area (Å²) >= 11 is 0. The van der Waals surface area contributed by atoms with E-state index < -0.39 is 12.1 Å². The van der Waals surface area contributed by atoms with Crippen molar-refractivity contribution in [1.29, 1.82) is 0 Å². The van der Waals surface area contributed by atoms with Gasteiger partial charge >= 0.3 is 5.97 Å². The first-order valence-corrected chi connectivity index (χ1v) is 7.23. The summed E-state index contributed by atoms with van der Waals surface area (Å²) in [6.45, 7) is 3.31. The Morgan fingerprint density at radius 3 is 2.43 bits per heavy atom. The lowest BCUT2D eigenvalue weighted by atomic mass is 10.1. The quantitative estimate of drug-likeness (QED) is 0.881. The number of nitrogens with zero attached hydrogens (tertiary/aromatic N) is 1. The maximum atomic E-state index is 12.3. The van der Waals surface area contributed by atoms with E-state index in [-0.39, 0.29) is 17.2 Å². The van der Waals surface area contributed by atoms with Gasteiger partial charge in [-0.25, -0.2) is 4.79 Å². The smallest absolute Gasteiger partial charge is 0.342 e. The van der Waals surface area contributed by atoms with Crippen molar-refractivity contribution in [3.05, 3.63) is 59.7 Å². The molecule has 120 valence electrons. The van der Waals surface area contributed by atoms with Gasteiger partial charge in [0.2, 0.25) is 0 Å². The molecule has 0 radical (unpaired) electrons. The van der Waals surface area contributed by atoms with Crippen LogP contribution in [-0.4, -0.2) is 30.1 Å². The predicted molar refractivity (Wildman–Crippen MR) is 87.6 cm³/mol. The zero-order valence-corrected chi connectivity index (χ0v) is 13.3. The van der Waals surface area contributed by atoms with Gasteiger partial charge in [-0.2, -0.15) is 0 Å². The van der Waals surface area contributed by atoms with Crippen LogP contribution < -0.4 is 4.90 Å². The van der Waals surface area contributed by atoms with Crippen molar-refractivity contribution in [1.82, 2.24) is 0 Å². The van der Waals surface area contributed by atoms with E-state index in [1.807, 2.05) is 18.2 Å². The molecule has 0 aliphatic rings. The number of esters is 1. The molecule has 0 heterocycles. The molecule has 0 aromatic heterocycles. The lowest BCUT2D eigenvalue weighted by Gasteiger charge is -2.21. The van der Waals surface area contributed by atoms with E-state index in [0.29, 0.717) is 5.69 Å². The molecular weight excluding hydrogens is 294 g/mol. The molecule has 5 heteroatoms. The van der Waals surface area contributed by atoms with Gasteiger partial charge in [0.15, 0.2) is 6.10 Å². The maximum absolute atomic E-state index is 12.3. The largest absolute Gasteiger partial charge is 0.507 e. The molecule has 0 bridgehead atoms. The minimum absolute atomic E-state index is 0.0482. The number of amides is 1. The molecule has 2 aromatic carbocycles. The van der Waals surface area contributed by atoms with Crippen LogP contribution in [0.25, 0.3) is 0 Å². The van der Waals surface area contributed by atoms with E-state index in [1.54, 1.807) is 32.2 Å². The highest BCUT2D eigenvalue weighted by atomic mass is 16.5. The van der Waals surface area contributed by atoms with Crippen LogP contribution in [0.15, 0.2) is 48.5 Å². The van der Waals surface area contributed by atoms with E-state index in [0.717, 1.165) is 5.56 Å². The number of anilines is 1. The van der Waals surface area contributed by atoms with Crippen LogP contribution in [0, 0.1) is 6.92 Å². The normalized spacial score (nSPS) is 11.6. The van der Waals surface area contributed by atoms with Gasteiger partial charge in [-0.15, -0.1) is 0 Å². The number of rotatable bonds is 4. The molecule has 0 aliphatic carbocycles. The van der Waals surface area contributed by atoms with Crippen molar-refractivity contribution in [3.63, 3.8) is 0 Å². The fourth-order valence-corrected chi connectivity index (χ4v) is 2.14. The average Bonchev–Trinajstić information content (AvgIpc) is 2.56. The fourth-order valence-electron chi connectivity index (χ4n) is 2.14. The van der Waals surface area contributed by atoms with Gasteiger partial charge in [0, 0.05) is 12.7 Å². The molecule has 23 heavy (non-hydrogen) atoms. The Balaban J connectivity index is 2.09. The summed E-state index contributed by atoms with van der Waals surface area (Å²) in [6, 6.07) is 13.7. The zero-order valence-electron chi connectivity index (χ0n) is 13.3. The van der Waals surface area contributed by atoms with E-state index in [4.69, 9.17) is 4.74 Å². The highest BCUT2D eigenvalue weighted by molar-refractivity contribution is 5.99. The van der Waals surface area contributed by atoms with Gasteiger partial charge in [0.25, 0.3) is 5.91 Å². The summed E-state index contributed by atoms with van der Waals surface area (Å²) in [6.07, 6.45) is -0.965. The second-order valence-corrected chi connectivity index (χ2v) is 5.30. The number of likely N-dealkylation sites (N-methyl/N-ethyl adjacent to an activating group) is 1. The molecule has 0 unspecified atom stereocenters. The van der Waals surface area contributed by atoms with Gasteiger partial charge in [-0.1, -0.05) is 29.8 Å². The van der Waals surface area contributed by atoms with E-state index in [2.05, 4.69) is 0 Å². The predicted octanol–water partition coefficient (Wildman–Crippen LogP) is 2.91. The third kappa shape index (κ3) is 3.88. The van der Waals surface area contributed by atoms with Crippen LogP contribution in [0.4, 0.5) is 5.69 Å². The van der Waals surface area contributed by atoms with Crippen LogP contribution in [0.1, 0.15) is 22.8 Å². The van der Waals surface area contributed by atoms with Crippen molar-refractivity contribution in [2.75, 3.05) is 11.9 Å². The molecular formula is C18H19NO4. The number of hydrogen-bond donors (Lipinski definition) is 1. The summed E-state index contributed by atoms with van der Waals surface area (Å²) < 4.78 is 5.19.